The van der Waals surface area contributed by atoms with Crippen LogP contribution in [-0.2, 0) is 14.3 Å². The lowest BCUT2D eigenvalue weighted by Gasteiger charge is -2.58. The van der Waals surface area contributed by atoms with Gasteiger partial charge in [0.25, 0.3) is 5.91 Å². The number of benzene rings is 2. The third-order valence-corrected chi connectivity index (χ3v) is 7.14. The van der Waals surface area contributed by atoms with E-state index in [1.165, 1.54) is 24.3 Å². The first-order chi connectivity index (χ1) is 14.8. The van der Waals surface area contributed by atoms with Gasteiger partial charge < -0.3 is 15.2 Å². The monoisotopic (exact) mass is 423 g/mol. The van der Waals surface area contributed by atoms with Crippen molar-refractivity contribution in [1.82, 2.24) is 0 Å². The minimum Gasteiger partial charge on any atom is -0.447 e. The minimum atomic E-state index is -1.12. The third-order valence-electron chi connectivity index (χ3n) is 7.14. The van der Waals surface area contributed by atoms with E-state index >= 15 is 0 Å². The molecule has 2 N–H and O–H groups in total. The summed E-state index contributed by atoms with van der Waals surface area (Å²) >= 11 is 0. The number of anilines is 1. The molecule has 4 fully saturated rings. The first kappa shape index (κ1) is 20.2. The van der Waals surface area contributed by atoms with Gasteiger partial charge in [-0.05, 0) is 74.6 Å². The molecule has 162 valence electrons. The number of halogens is 1. The Morgan fingerprint density at radius 2 is 1.65 bits per heavy atom. The molecule has 6 rings (SSSR count). The highest BCUT2D eigenvalue weighted by molar-refractivity contribution is 5.96. The molecule has 4 aliphatic rings. The van der Waals surface area contributed by atoms with E-state index in [4.69, 9.17) is 4.74 Å². The van der Waals surface area contributed by atoms with Crippen LogP contribution >= 0.6 is 0 Å². The van der Waals surface area contributed by atoms with Gasteiger partial charge in [0.05, 0.1) is 11.0 Å². The lowest BCUT2D eigenvalue weighted by molar-refractivity contribution is -0.200. The minimum absolute atomic E-state index is 0.335. The summed E-state index contributed by atoms with van der Waals surface area (Å²) in [7, 11) is 0. The number of esters is 1. The van der Waals surface area contributed by atoms with Crippen molar-refractivity contribution in [1.29, 1.82) is 0 Å². The third kappa shape index (κ3) is 3.85. The fraction of sp³-hybridized carbons (Fsp3) is 0.440. The number of carbonyl (C=O) groups excluding carboxylic acids is 2. The molecule has 4 aliphatic carbocycles. The second-order valence-electron chi connectivity index (χ2n) is 9.66. The molecule has 1 amide bonds. The lowest BCUT2D eigenvalue weighted by Crippen LogP contribution is -2.58. The average molecular weight is 423 g/mol. The molecule has 6 heteroatoms. The second kappa shape index (κ2) is 7.45. The zero-order valence-corrected chi connectivity index (χ0v) is 17.2. The highest BCUT2D eigenvalue weighted by Gasteiger charge is 2.61. The van der Waals surface area contributed by atoms with Crippen LogP contribution in [0.25, 0.3) is 0 Å². The van der Waals surface area contributed by atoms with Crippen LogP contribution in [0.2, 0.25) is 0 Å². The van der Waals surface area contributed by atoms with Crippen LogP contribution < -0.4 is 5.32 Å². The summed E-state index contributed by atoms with van der Waals surface area (Å²) < 4.78 is 19.1. The summed E-state index contributed by atoms with van der Waals surface area (Å²) in [5.74, 6) is -0.620. The standard InChI is InChI=1S/C25H26FNO4/c26-19-6-8-20(9-7-19)27-22(28)21(18-4-2-1-3-5-18)31-23(29)24-11-16-10-17(12-24)14-25(30,13-16)15-24/h1-9,16-17,21,30H,10-15H2,(H,27,28)/t16-,17+,21-,24?,25?/m0/s1. The fourth-order valence-electron chi connectivity index (χ4n) is 6.33. The van der Waals surface area contributed by atoms with Gasteiger partial charge in [-0.25, -0.2) is 4.39 Å². The van der Waals surface area contributed by atoms with E-state index in [-0.39, 0.29) is 0 Å². The maximum absolute atomic E-state index is 13.5. The Bertz CT molecular complexity index is 976. The van der Waals surface area contributed by atoms with Gasteiger partial charge in [-0.15, -0.1) is 0 Å². The van der Waals surface area contributed by atoms with Crippen LogP contribution in [0, 0.1) is 23.1 Å². The van der Waals surface area contributed by atoms with Crippen LogP contribution in [-0.4, -0.2) is 22.6 Å². The van der Waals surface area contributed by atoms with Gasteiger partial charge in [0.15, 0.2) is 0 Å². The molecule has 0 saturated heterocycles. The van der Waals surface area contributed by atoms with Crippen molar-refractivity contribution in [3.63, 3.8) is 0 Å². The Labute approximate surface area is 180 Å². The van der Waals surface area contributed by atoms with E-state index in [2.05, 4.69) is 5.32 Å². The molecule has 2 aromatic carbocycles. The van der Waals surface area contributed by atoms with Crippen molar-refractivity contribution < 1.29 is 23.8 Å². The summed E-state index contributed by atoms with van der Waals surface area (Å²) in [4.78, 5) is 26.6. The molecule has 5 nitrogen and oxygen atoms in total. The van der Waals surface area contributed by atoms with Gasteiger partial charge in [0, 0.05) is 11.3 Å². The Kier molecular flexibility index (Phi) is 4.85. The molecular formula is C25H26FNO4. The number of rotatable bonds is 5. The van der Waals surface area contributed by atoms with Gasteiger partial charge in [0.1, 0.15) is 5.82 Å². The topological polar surface area (TPSA) is 75.6 Å². The van der Waals surface area contributed by atoms with Crippen molar-refractivity contribution in [2.75, 3.05) is 5.32 Å². The lowest BCUT2D eigenvalue weighted by atomic mass is 9.48. The second-order valence-corrected chi connectivity index (χ2v) is 9.66. The van der Waals surface area contributed by atoms with E-state index in [1.807, 2.05) is 6.07 Å². The maximum atomic E-state index is 13.5. The summed E-state index contributed by atoms with van der Waals surface area (Å²) in [6, 6.07) is 14.3. The number of carbonyl (C=O) groups is 2. The first-order valence-electron chi connectivity index (χ1n) is 10.9. The molecule has 0 spiro atoms. The highest BCUT2D eigenvalue weighted by atomic mass is 19.1. The van der Waals surface area contributed by atoms with E-state index in [1.54, 1.807) is 24.3 Å². The van der Waals surface area contributed by atoms with Crippen LogP contribution in [0.3, 0.4) is 0 Å². The van der Waals surface area contributed by atoms with Crippen molar-refractivity contribution >= 4 is 17.6 Å². The molecule has 0 aliphatic heterocycles. The van der Waals surface area contributed by atoms with E-state index in [0.29, 0.717) is 42.3 Å². The number of ether oxygens (including phenoxy) is 1. The zero-order chi connectivity index (χ0) is 21.6. The Morgan fingerprint density at radius 1 is 1.00 bits per heavy atom. The summed E-state index contributed by atoms with van der Waals surface area (Å²) in [5.41, 5.74) is -0.518. The van der Waals surface area contributed by atoms with Gasteiger partial charge in [-0.2, -0.15) is 0 Å². The maximum Gasteiger partial charge on any atom is 0.313 e. The molecule has 0 heterocycles. The van der Waals surface area contributed by atoms with Gasteiger partial charge in [-0.1, -0.05) is 30.3 Å². The van der Waals surface area contributed by atoms with Gasteiger partial charge >= 0.3 is 5.97 Å². The molecular weight excluding hydrogens is 397 g/mol. The van der Waals surface area contributed by atoms with Crippen LogP contribution in [0.1, 0.15) is 50.2 Å². The zero-order valence-electron chi connectivity index (χ0n) is 17.2. The highest BCUT2D eigenvalue weighted by Crippen LogP contribution is 2.62. The SMILES string of the molecule is O=C(Nc1ccc(F)cc1)[C@@H](OC(=O)C12C[C@@H]3C[C@@H](CC(O)(C3)C1)C2)c1ccccc1. The first-order valence-corrected chi connectivity index (χ1v) is 10.9. The van der Waals surface area contributed by atoms with Gasteiger partial charge in [-0.3, -0.25) is 9.59 Å². The largest absolute Gasteiger partial charge is 0.447 e. The average Bonchev–Trinajstić information content (AvgIpc) is 2.72. The predicted molar refractivity (Wildman–Crippen MR) is 112 cm³/mol. The summed E-state index contributed by atoms with van der Waals surface area (Å²) in [6.45, 7) is 0. The number of aliphatic hydroxyl groups is 1. The van der Waals surface area contributed by atoms with E-state index < -0.39 is 34.8 Å². The predicted octanol–water partition coefficient (Wildman–Crippen LogP) is 4.38. The van der Waals surface area contributed by atoms with E-state index in [0.717, 1.165) is 19.3 Å². The van der Waals surface area contributed by atoms with Crippen molar-refractivity contribution in [3.05, 3.63) is 66.0 Å². The van der Waals surface area contributed by atoms with Gasteiger partial charge in [0.2, 0.25) is 6.10 Å². The molecule has 0 radical (unpaired) electrons. The smallest absolute Gasteiger partial charge is 0.313 e. The Balaban J connectivity index is 1.39. The normalized spacial score (nSPS) is 31.8. The molecule has 2 unspecified atom stereocenters. The summed E-state index contributed by atoms with van der Waals surface area (Å²) in [6.07, 6.45) is 3.29. The molecule has 5 atom stereocenters. The van der Waals surface area contributed by atoms with Crippen LogP contribution in [0.4, 0.5) is 10.1 Å². The number of hydrogen-bond acceptors (Lipinski definition) is 4. The molecule has 4 saturated carbocycles. The number of nitrogens with one attached hydrogen (secondary N) is 1. The molecule has 31 heavy (non-hydrogen) atoms. The Hall–Kier alpha value is -2.73. The van der Waals surface area contributed by atoms with Crippen LogP contribution in [0.5, 0.6) is 0 Å². The number of amides is 1. The molecule has 4 bridgehead atoms. The molecule has 2 aromatic rings. The quantitative estimate of drug-likeness (QED) is 0.700. The van der Waals surface area contributed by atoms with Crippen molar-refractivity contribution in [3.8, 4) is 0 Å². The number of hydrogen-bond donors (Lipinski definition) is 2. The fourth-order valence-corrected chi connectivity index (χ4v) is 6.33. The summed E-state index contributed by atoms with van der Waals surface area (Å²) in [5, 5.41) is 13.7. The van der Waals surface area contributed by atoms with Crippen molar-refractivity contribution in [2.45, 2.75) is 50.2 Å². The van der Waals surface area contributed by atoms with Crippen LogP contribution in [0.15, 0.2) is 54.6 Å². The Morgan fingerprint density at radius 3 is 2.26 bits per heavy atom. The van der Waals surface area contributed by atoms with Crippen molar-refractivity contribution in [2.24, 2.45) is 17.3 Å². The molecule has 0 aromatic heterocycles. The van der Waals surface area contributed by atoms with E-state index in [9.17, 15) is 19.1 Å².